The number of nitrogens with one attached hydrogen (secondary N) is 1. The summed E-state index contributed by atoms with van der Waals surface area (Å²) in [5.41, 5.74) is 1.72. The number of amides is 2. The van der Waals surface area contributed by atoms with Crippen LogP contribution in [-0.4, -0.2) is 25.5 Å². The van der Waals surface area contributed by atoms with E-state index in [9.17, 15) is 14.0 Å². The summed E-state index contributed by atoms with van der Waals surface area (Å²) in [5, 5.41) is 2.70. The van der Waals surface area contributed by atoms with Crippen LogP contribution in [-0.2, 0) is 9.59 Å². The lowest BCUT2D eigenvalue weighted by atomic mass is 10.2. The lowest BCUT2D eigenvalue weighted by Crippen LogP contribution is -2.35. The number of benzene rings is 2. The monoisotopic (exact) mass is 326 g/mol. The van der Waals surface area contributed by atoms with Crippen LogP contribution >= 0.6 is 0 Å². The van der Waals surface area contributed by atoms with Crippen molar-refractivity contribution in [2.75, 3.05) is 23.9 Å². The zero-order chi connectivity index (χ0) is 17.1. The Morgan fingerprint density at radius 3 is 2.92 bits per heavy atom. The van der Waals surface area contributed by atoms with Gasteiger partial charge in [0, 0.05) is 18.8 Å². The van der Waals surface area contributed by atoms with Gasteiger partial charge in [0.25, 0.3) is 5.91 Å². The number of anilines is 2. The Bertz CT molecular complexity index is 833. The van der Waals surface area contributed by atoms with Gasteiger partial charge in [-0.25, -0.2) is 4.39 Å². The van der Waals surface area contributed by atoms with Crippen molar-refractivity contribution in [2.45, 2.75) is 0 Å². The second kappa shape index (κ2) is 6.54. The maximum Gasteiger partial charge on any atom is 0.264 e. The number of carbonyl (C=O) groups is 2. The Labute approximate surface area is 138 Å². The zero-order valence-electron chi connectivity index (χ0n) is 13.0. The number of nitrogens with zero attached hydrogens (tertiary/aromatic N) is 1. The van der Waals surface area contributed by atoms with E-state index in [1.54, 1.807) is 37.4 Å². The number of ether oxygens (including phenoxy) is 1. The molecular weight excluding hydrogens is 311 g/mol. The Kier molecular flexibility index (Phi) is 4.29. The number of likely N-dealkylation sites (N-methyl/N-ethyl adjacent to an activating group) is 1. The summed E-state index contributed by atoms with van der Waals surface area (Å²) in [6.45, 7) is 0.00553. The molecule has 6 heteroatoms. The second-order valence-electron chi connectivity index (χ2n) is 5.30. The SMILES string of the molecule is CN1C(=O)COc2ccc(NC(=O)/C=C/c3cccc(F)c3)cc21. The first-order chi connectivity index (χ1) is 11.5. The molecule has 1 N–H and O–H groups in total. The maximum atomic E-state index is 13.1. The summed E-state index contributed by atoms with van der Waals surface area (Å²) in [7, 11) is 1.65. The molecule has 0 aromatic heterocycles. The first kappa shape index (κ1) is 15.7. The van der Waals surface area contributed by atoms with Crippen molar-refractivity contribution < 1.29 is 18.7 Å². The minimum absolute atomic E-state index is 0.00553. The molecule has 0 aliphatic carbocycles. The van der Waals surface area contributed by atoms with Crippen LogP contribution in [0.4, 0.5) is 15.8 Å². The van der Waals surface area contributed by atoms with Gasteiger partial charge >= 0.3 is 0 Å². The third-order valence-electron chi connectivity index (χ3n) is 3.59. The van der Waals surface area contributed by atoms with Crippen molar-refractivity contribution in [1.82, 2.24) is 0 Å². The molecule has 0 saturated carbocycles. The van der Waals surface area contributed by atoms with E-state index in [0.717, 1.165) is 0 Å². The van der Waals surface area contributed by atoms with Crippen molar-refractivity contribution in [1.29, 1.82) is 0 Å². The Hall–Kier alpha value is -3.15. The van der Waals surface area contributed by atoms with Crippen molar-refractivity contribution in [2.24, 2.45) is 0 Å². The van der Waals surface area contributed by atoms with Crippen LogP contribution in [0.15, 0.2) is 48.5 Å². The summed E-state index contributed by atoms with van der Waals surface area (Å²) in [6, 6.07) is 11.0. The Morgan fingerprint density at radius 1 is 1.29 bits per heavy atom. The average molecular weight is 326 g/mol. The fourth-order valence-corrected chi connectivity index (χ4v) is 2.32. The van der Waals surface area contributed by atoms with Crippen LogP contribution < -0.4 is 15.0 Å². The van der Waals surface area contributed by atoms with E-state index in [1.165, 1.54) is 29.2 Å². The molecule has 5 nitrogen and oxygen atoms in total. The van der Waals surface area contributed by atoms with Gasteiger partial charge in [-0.1, -0.05) is 12.1 Å². The Balaban J connectivity index is 1.72. The van der Waals surface area contributed by atoms with Gasteiger partial charge in [0.05, 0.1) is 5.69 Å². The third-order valence-corrected chi connectivity index (χ3v) is 3.59. The molecule has 1 aliphatic rings. The number of fused-ring (bicyclic) bond motifs is 1. The quantitative estimate of drug-likeness (QED) is 0.883. The number of carbonyl (C=O) groups excluding carboxylic acids is 2. The summed E-state index contributed by atoms with van der Waals surface area (Å²) >= 11 is 0. The molecule has 2 amide bonds. The minimum Gasteiger partial charge on any atom is -0.482 e. The molecule has 0 fully saturated rings. The largest absolute Gasteiger partial charge is 0.482 e. The summed E-state index contributed by atoms with van der Waals surface area (Å²) in [5.74, 6) is -0.285. The van der Waals surface area contributed by atoms with E-state index >= 15 is 0 Å². The normalized spacial score (nSPS) is 13.6. The van der Waals surface area contributed by atoms with Gasteiger partial charge in [-0.2, -0.15) is 0 Å². The summed E-state index contributed by atoms with van der Waals surface area (Å²) < 4.78 is 18.4. The van der Waals surface area contributed by atoms with Crippen LogP contribution in [0.5, 0.6) is 5.75 Å². The first-order valence-corrected chi connectivity index (χ1v) is 7.31. The third kappa shape index (κ3) is 3.43. The smallest absolute Gasteiger partial charge is 0.264 e. The molecule has 3 rings (SSSR count). The van der Waals surface area contributed by atoms with Crippen molar-refractivity contribution in [3.8, 4) is 5.75 Å². The molecule has 1 heterocycles. The average Bonchev–Trinajstić information content (AvgIpc) is 2.57. The van der Waals surface area contributed by atoms with E-state index in [4.69, 9.17) is 4.74 Å². The number of hydrogen-bond acceptors (Lipinski definition) is 3. The van der Waals surface area contributed by atoms with Crippen molar-refractivity contribution in [3.05, 3.63) is 59.9 Å². The molecule has 24 heavy (non-hydrogen) atoms. The number of halogens is 1. The second-order valence-corrected chi connectivity index (χ2v) is 5.30. The predicted molar refractivity (Wildman–Crippen MR) is 89.4 cm³/mol. The van der Waals surface area contributed by atoms with Gasteiger partial charge in [0.2, 0.25) is 5.91 Å². The molecule has 0 radical (unpaired) electrons. The molecule has 0 saturated heterocycles. The lowest BCUT2D eigenvalue weighted by molar-refractivity contribution is -0.121. The highest BCUT2D eigenvalue weighted by Gasteiger charge is 2.22. The van der Waals surface area contributed by atoms with Crippen LogP contribution in [0.1, 0.15) is 5.56 Å². The van der Waals surface area contributed by atoms with Crippen LogP contribution in [0.2, 0.25) is 0 Å². The molecule has 2 aromatic carbocycles. The Morgan fingerprint density at radius 2 is 2.12 bits per heavy atom. The van der Waals surface area contributed by atoms with E-state index in [0.29, 0.717) is 22.7 Å². The molecule has 2 aromatic rings. The van der Waals surface area contributed by atoms with Crippen LogP contribution in [0.25, 0.3) is 6.08 Å². The number of rotatable bonds is 3. The van der Waals surface area contributed by atoms with Gasteiger partial charge in [0.15, 0.2) is 6.61 Å². The summed E-state index contributed by atoms with van der Waals surface area (Å²) in [6.07, 6.45) is 2.84. The van der Waals surface area contributed by atoms with E-state index in [2.05, 4.69) is 5.32 Å². The van der Waals surface area contributed by atoms with E-state index in [1.807, 2.05) is 0 Å². The van der Waals surface area contributed by atoms with Crippen molar-refractivity contribution >= 4 is 29.3 Å². The fourth-order valence-electron chi connectivity index (χ4n) is 2.32. The highest BCUT2D eigenvalue weighted by atomic mass is 19.1. The molecule has 122 valence electrons. The number of hydrogen-bond donors (Lipinski definition) is 1. The molecule has 0 unspecified atom stereocenters. The van der Waals surface area contributed by atoms with E-state index < -0.39 is 0 Å². The van der Waals surface area contributed by atoms with Gasteiger partial charge in [0.1, 0.15) is 11.6 Å². The lowest BCUT2D eigenvalue weighted by Gasteiger charge is -2.26. The van der Waals surface area contributed by atoms with Crippen LogP contribution in [0.3, 0.4) is 0 Å². The summed E-state index contributed by atoms with van der Waals surface area (Å²) in [4.78, 5) is 25.1. The van der Waals surface area contributed by atoms with Crippen molar-refractivity contribution in [3.63, 3.8) is 0 Å². The molecule has 0 spiro atoms. The molecular formula is C18H15FN2O3. The minimum atomic E-state index is -0.361. The molecule has 0 atom stereocenters. The van der Waals surface area contributed by atoms with Gasteiger partial charge < -0.3 is 15.0 Å². The maximum absolute atomic E-state index is 13.1. The topological polar surface area (TPSA) is 58.6 Å². The molecule has 1 aliphatic heterocycles. The first-order valence-electron chi connectivity index (χ1n) is 7.31. The highest BCUT2D eigenvalue weighted by Crippen LogP contribution is 2.33. The zero-order valence-corrected chi connectivity index (χ0v) is 13.0. The standard InChI is InChI=1S/C18H15FN2O3/c1-21-15-10-14(6-7-16(15)24-11-18(21)23)20-17(22)8-5-12-3-2-4-13(19)9-12/h2-10H,11H2,1H3,(H,20,22)/b8-5+. The highest BCUT2D eigenvalue weighted by molar-refractivity contribution is 6.03. The van der Waals surface area contributed by atoms with E-state index in [-0.39, 0.29) is 24.2 Å². The predicted octanol–water partition coefficient (Wildman–Crippen LogP) is 2.83. The van der Waals surface area contributed by atoms with Gasteiger partial charge in [-0.05, 0) is 42.0 Å². The van der Waals surface area contributed by atoms with Crippen LogP contribution in [0, 0.1) is 5.82 Å². The molecule has 0 bridgehead atoms. The fraction of sp³-hybridized carbons (Fsp3) is 0.111. The van der Waals surface area contributed by atoms with Gasteiger partial charge in [-0.15, -0.1) is 0 Å². The van der Waals surface area contributed by atoms with Gasteiger partial charge in [-0.3, -0.25) is 9.59 Å².